The summed E-state index contributed by atoms with van der Waals surface area (Å²) >= 11 is 1.37. The van der Waals surface area contributed by atoms with E-state index in [1.54, 1.807) is 18.7 Å². The van der Waals surface area contributed by atoms with Gasteiger partial charge in [0.2, 0.25) is 5.82 Å². The number of nitro groups is 1. The maximum absolute atomic E-state index is 11.5. The van der Waals surface area contributed by atoms with Gasteiger partial charge in [-0.3, -0.25) is 0 Å². The third-order valence-corrected chi connectivity index (χ3v) is 4.60. The Morgan fingerprint density at radius 1 is 1.33 bits per heavy atom. The van der Waals surface area contributed by atoms with Crippen LogP contribution in [0.1, 0.15) is 25.5 Å². The van der Waals surface area contributed by atoms with Gasteiger partial charge >= 0.3 is 5.82 Å². The molecule has 0 spiro atoms. The molecule has 2 aromatic heterocycles. The van der Waals surface area contributed by atoms with Gasteiger partial charge in [0.25, 0.3) is 4.96 Å². The molecule has 1 N–H and O–H groups in total. The van der Waals surface area contributed by atoms with Crippen LogP contribution in [0.5, 0.6) is 5.75 Å². The second kappa shape index (κ2) is 6.48. The summed E-state index contributed by atoms with van der Waals surface area (Å²) < 4.78 is 6.68. The molecular weight excluding hydrogens is 328 g/mol. The number of rotatable bonds is 6. The van der Waals surface area contributed by atoms with Crippen molar-refractivity contribution in [2.75, 3.05) is 12.4 Å². The lowest BCUT2D eigenvalue weighted by Crippen LogP contribution is -2.17. The van der Waals surface area contributed by atoms with Crippen LogP contribution in [0.15, 0.2) is 35.8 Å². The van der Waals surface area contributed by atoms with Crippen molar-refractivity contribution in [3.8, 4) is 5.75 Å². The first-order valence-electron chi connectivity index (χ1n) is 7.51. The van der Waals surface area contributed by atoms with Gasteiger partial charge in [0.1, 0.15) is 11.9 Å². The number of aromatic nitrogens is 2. The first-order chi connectivity index (χ1) is 11.5. The number of benzene rings is 1. The van der Waals surface area contributed by atoms with Crippen molar-refractivity contribution in [2.45, 2.75) is 19.9 Å². The van der Waals surface area contributed by atoms with Crippen LogP contribution in [0.25, 0.3) is 4.96 Å². The van der Waals surface area contributed by atoms with E-state index in [1.807, 2.05) is 24.3 Å². The van der Waals surface area contributed by atoms with E-state index in [4.69, 9.17) is 4.74 Å². The molecule has 24 heavy (non-hydrogen) atoms. The van der Waals surface area contributed by atoms with E-state index in [9.17, 15) is 10.1 Å². The fourth-order valence-corrected chi connectivity index (χ4v) is 3.35. The molecule has 3 rings (SSSR count). The lowest BCUT2D eigenvalue weighted by Gasteiger charge is -2.22. The number of nitrogens with zero attached hydrogens (tertiary/aromatic N) is 3. The van der Waals surface area contributed by atoms with Gasteiger partial charge in [0.05, 0.1) is 13.2 Å². The predicted octanol–water partition coefficient (Wildman–Crippen LogP) is 4.12. The monoisotopic (exact) mass is 346 g/mol. The Labute approximate surface area is 143 Å². The molecule has 3 aromatic rings. The van der Waals surface area contributed by atoms with Gasteiger partial charge in [-0.2, -0.15) is 9.38 Å². The third kappa shape index (κ3) is 2.92. The van der Waals surface area contributed by atoms with Crippen LogP contribution in [-0.4, -0.2) is 21.4 Å². The van der Waals surface area contributed by atoms with Crippen LogP contribution < -0.4 is 10.1 Å². The summed E-state index contributed by atoms with van der Waals surface area (Å²) in [5, 5.41) is 16.5. The van der Waals surface area contributed by atoms with Crippen molar-refractivity contribution in [1.29, 1.82) is 0 Å². The molecule has 0 saturated carbocycles. The molecule has 0 amide bonds. The Bertz CT molecular complexity index is 854. The third-order valence-electron chi connectivity index (χ3n) is 3.84. The Kier molecular flexibility index (Phi) is 4.39. The molecule has 8 heteroatoms. The average Bonchev–Trinajstić information content (AvgIpc) is 3.12. The van der Waals surface area contributed by atoms with Gasteiger partial charge in [0, 0.05) is 5.38 Å². The lowest BCUT2D eigenvalue weighted by atomic mass is 9.96. The standard InChI is InChI=1S/C16H18N4O3S/c1-10(2)13(11-4-6-12(23-3)7-5-11)17-14-15(20(21)22)19-8-9-24-16(19)18-14/h4-10,13,17H,1-3H3/t13-/m0/s1. The van der Waals surface area contributed by atoms with E-state index in [0.29, 0.717) is 10.8 Å². The summed E-state index contributed by atoms with van der Waals surface area (Å²) in [6, 6.07) is 7.58. The summed E-state index contributed by atoms with van der Waals surface area (Å²) in [6.07, 6.45) is 1.66. The quantitative estimate of drug-likeness (QED) is 0.536. The van der Waals surface area contributed by atoms with Crippen molar-refractivity contribution in [2.24, 2.45) is 5.92 Å². The summed E-state index contributed by atoms with van der Waals surface area (Å²) in [7, 11) is 1.62. The highest BCUT2D eigenvalue weighted by atomic mass is 32.1. The van der Waals surface area contributed by atoms with Crippen molar-refractivity contribution in [1.82, 2.24) is 9.38 Å². The van der Waals surface area contributed by atoms with Gasteiger partial charge in [0.15, 0.2) is 0 Å². The Morgan fingerprint density at radius 2 is 2.04 bits per heavy atom. The van der Waals surface area contributed by atoms with Crippen molar-refractivity contribution in [3.63, 3.8) is 0 Å². The first-order valence-corrected chi connectivity index (χ1v) is 8.39. The number of anilines is 1. The molecule has 0 saturated heterocycles. The minimum Gasteiger partial charge on any atom is -0.497 e. The van der Waals surface area contributed by atoms with Crippen molar-refractivity contribution >= 4 is 27.9 Å². The van der Waals surface area contributed by atoms with E-state index in [-0.39, 0.29) is 17.8 Å². The molecule has 0 fully saturated rings. The van der Waals surface area contributed by atoms with Crippen LogP contribution in [0.2, 0.25) is 0 Å². The van der Waals surface area contributed by atoms with Crippen molar-refractivity contribution in [3.05, 3.63) is 51.5 Å². The van der Waals surface area contributed by atoms with E-state index in [1.165, 1.54) is 15.7 Å². The topological polar surface area (TPSA) is 81.7 Å². The van der Waals surface area contributed by atoms with Crippen LogP contribution in [0, 0.1) is 16.0 Å². The Hall–Kier alpha value is -2.61. The van der Waals surface area contributed by atoms with Gasteiger partial charge in [-0.1, -0.05) is 37.3 Å². The van der Waals surface area contributed by atoms with Crippen LogP contribution in [-0.2, 0) is 0 Å². The number of ether oxygens (including phenoxy) is 1. The first kappa shape index (κ1) is 16.3. The zero-order chi connectivity index (χ0) is 17.3. The highest BCUT2D eigenvalue weighted by Gasteiger charge is 2.27. The van der Waals surface area contributed by atoms with E-state index in [2.05, 4.69) is 24.1 Å². The van der Waals surface area contributed by atoms with E-state index < -0.39 is 4.92 Å². The van der Waals surface area contributed by atoms with Gasteiger partial charge in [-0.15, -0.1) is 0 Å². The fraction of sp³-hybridized carbons (Fsp3) is 0.312. The predicted molar refractivity (Wildman–Crippen MR) is 93.9 cm³/mol. The second-order valence-electron chi connectivity index (χ2n) is 5.74. The van der Waals surface area contributed by atoms with Crippen LogP contribution in [0.3, 0.4) is 0 Å². The largest absolute Gasteiger partial charge is 0.497 e. The number of nitrogens with one attached hydrogen (secondary N) is 1. The number of methoxy groups -OCH3 is 1. The van der Waals surface area contributed by atoms with Crippen molar-refractivity contribution < 1.29 is 9.66 Å². The average molecular weight is 346 g/mol. The summed E-state index contributed by atoms with van der Waals surface area (Å²) in [6.45, 7) is 4.12. The molecule has 0 bridgehead atoms. The summed E-state index contributed by atoms with van der Waals surface area (Å²) in [5.41, 5.74) is 1.02. The van der Waals surface area contributed by atoms with Gasteiger partial charge in [-0.25, -0.2) is 0 Å². The Balaban J connectivity index is 1.97. The number of fused-ring (bicyclic) bond motifs is 1. The number of hydrogen-bond donors (Lipinski definition) is 1. The maximum atomic E-state index is 11.5. The molecule has 0 radical (unpaired) electrons. The number of imidazole rings is 1. The van der Waals surface area contributed by atoms with Crippen LogP contribution >= 0.6 is 11.3 Å². The minimum absolute atomic E-state index is 0.0367. The maximum Gasteiger partial charge on any atom is 0.372 e. The molecule has 0 unspecified atom stereocenters. The molecule has 0 aliphatic heterocycles. The normalized spacial score (nSPS) is 12.5. The smallest absolute Gasteiger partial charge is 0.372 e. The molecule has 0 aliphatic rings. The minimum atomic E-state index is -0.402. The van der Waals surface area contributed by atoms with Gasteiger partial charge in [-0.05, 0) is 28.5 Å². The van der Waals surface area contributed by atoms with E-state index >= 15 is 0 Å². The highest BCUT2D eigenvalue weighted by Crippen LogP contribution is 2.33. The van der Waals surface area contributed by atoms with Gasteiger partial charge < -0.3 is 20.2 Å². The zero-order valence-electron chi connectivity index (χ0n) is 13.6. The summed E-state index contributed by atoms with van der Waals surface area (Å²) in [5.74, 6) is 1.25. The highest BCUT2D eigenvalue weighted by molar-refractivity contribution is 7.15. The SMILES string of the molecule is COc1ccc([C@@H](Nc2nc3sccn3c2[N+](=O)[O-])C(C)C)cc1. The lowest BCUT2D eigenvalue weighted by molar-refractivity contribution is -0.389. The summed E-state index contributed by atoms with van der Waals surface area (Å²) in [4.78, 5) is 16.0. The molecule has 2 heterocycles. The Morgan fingerprint density at radius 3 is 2.62 bits per heavy atom. The molecule has 7 nitrogen and oxygen atoms in total. The van der Waals surface area contributed by atoms with E-state index in [0.717, 1.165) is 11.3 Å². The number of thiazole rings is 1. The fourth-order valence-electron chi connectivity index (χ4n) is 2.64. The molecular formula is C16H18N4O3S. The second-order valence-corrected chi connectivity index (χ2v) is 6.61. The molecule has 1 aromatic carbocycles. The number of hydrogen-bond acceptors (Lipinski definition) is 6. The molecule has 0 aliphatic carbocycles. The zero-order valence-corrected chi connectivity index (χ0v) is 14.4. The van der Waals surface area contributed by atoms with Crippen LogP contribution in [0.4, 0.5) is 11.6 Å². The molecule has 1 atom stereocenters. The molecule has 126 valence electrons.